The molecule has 2 N–H and O–H groups in total. The normalized spacial score (nSPS) is 14.4. The summed E-state index contributed by atoms with van der Waals surface area (Å²) in [5.74, 6) is 1.11. The van der Waals surface area contributed by atoms with Crippen molar-refractivity contribution in [3.63, 3.8) is 0 Å². The molecule has 8 nitrogen and oxygen atoms in total. The third-order valence-corrected chi connectivity index (χ3v) is 3.60. The van der Waals surface area contributed by atoms with Gasteiger partial charge in [-0.15, -0.1) is 0 Å². The van der Waals surface area contributed by atoms with Gasteiger partial charge in [0.1, 0.15) is 12.1 Å². The molecule has 1 saturated heterocycles. The topological polar surface area (TPSA) is 100 Å². The van der Waals surface area contributed by atoms with Crippen LogP contribution in [0.25, 0.3) is 0 Å². The zero-order valence-electron chi connectivity index (χ0n) is 13.3. The van der Waals surface area contributed by atoms with Crippen LogP contribution in [0.15, 0.2) is 30.6 Å². The molecule has 0 radical (unpaired) electrons. The first-order valence-electron chi connectivity index (χ1n) is 7.70. The molecule has 0 unspecified atom stereocenters. The number of Topliss-reactive ketones (excluding diaryl/α,β-unsaturated/α-hetero) is 1. The van der Waals surface area contributed by atoms with Crippen LogP contribution in [-0.4, -0.2) is 39.7 Å². The second-order valence-electron chi connectivity index (χ2n) is 5.52. The van der Waals surface area contributed by atoms with E-state index in [1.54, 1.807) is 12.1 Å². The van der Waals surface area contributed by atoms with E-state index in [9.17, 15) is 9.59 Å². The minimum absolute atomic E-state index is 0.130. The molecule has 1 amide bonds. The van der Waals surface area contributed by atoms with Gasteiger partial charge < -0.3 is 15.5 Å². The molecule has 0 bridgehead atoms. The number of benzene rings is 1. The molecule has 124 valence electrons. The number of nitrogens with one attached hydrogen (secondary N) is 2. The Hall–Kier alpha value is -3.03. The molecule has 3 rings (SSSR count). The number of aromatic nitrogens is 3. The van der Waals surface area contributed by atoms with E-state index in [4.69, 9.17) is 0 Å². The van der Waals surface area contributed by atoms with Gasteiger partial charge in [0.15, 0.2) is 0 Å². The van der Waals surface area contributed by atoms with E-state index >= 15 is 0 Å². The standard InChI is InChI=1S/C16H18N6O2/c1-11(23)19-12-3-2-4-13(9-12)20-15-17-10-18-16(21-15)22-7-5-14(24)6-8-22/h2-4,9-10H,5-8H2,1H3,(H,19,23)(H,17,18,20,21). The highest BCUT2D eigenvalue weighted by molar-refractivity contribution is 5.89. The molecule has 8 heteroatoms. The van der Waals surface area contributed by atoms with Crippen LogP contribution in [0, 0.1) is 0 Å². The molecule has 2 aromatic rings. The summed E-state index contributed by atoms with van der Waals surface area (Å²) in [6.07, 6.45) is 2.49. The number of anilines is 4. The monoisotopic (exact) mass is 326 g/mol. The maximum absolute atomic E-state index is 11.3. The van der Waals surface area contributed by atoms with Crippen molar-refractivity contribution in [2.75, 3.05) is 28.6 Å². The highest BCUT2D eigenvalue weighted by atomic mass is 16.1. The van der Waals surface area contributed by atoms with Crippen LogP contribution in [0.5, 0.6) is 0 Å². The van der Waals surface area contributed by atoms with Gasteiger partial charge >= 0.3 is 0 Å². The third-order valence-electron chi connectivity index (χ3n) is 3.60. The van der Waals surface area contributed by atoms with E-state index in [-0.39, 0.29) is 11.7 Å². The Bertz CT molecular complexity index is 754. The lowest BCUT2D eigenvalue weighted by Crippen LogP contribution is -2.35. The van der Waals surface area contributed by atoms with Crippen molar-refractivity contribution in [3.05, 3.63) is 30.6 Å². The lowest BCUT2D eigenvalue weighted by Gasteiger charge is -2.25. The molecular formula is C16H18N6O2. The van der Waals surface area contributed by atoms with Gasteiger partial charge in [-0.05, 0) is 18.2 Å². The number of carbonyl (C=O) groups is 2. The molecule has 2 heterocycles. The van der Waals surface area contributed by atoms with E-state index in [0.717, 1.165) is 5.69 Å². The van der Waals surface area contributed by atoms with Crippen LogP contribution < -0.4 is 15.5 Å². The molecule has 0 spiro atoms. The summed E-state index contributed by atoms with van der Waals surface area (Å²) in [6.45, 7) is 2.71. The van der Waals surface area contributed by atoms with Crippen LogP contribution in [0.1, 0.15) is 19.8 Å². The second-order valence-corrected chi connectivity index (χ2v) is 5.52. The number of ketones is 1. The molecule has 1 fully saturated rings. The third kappa shape index (κ3) is 4.03. The predicted octanol–water partition coefficient (Wildman–Crippen LogP) is 1.74. The Labute approximate surface area is 139 Å². The highest BCUT2D eigenvalue weighted by Gasteiger charge is 2.18. The first-order chi connectivity index (χ1) is 11.6. The number of nitrogens with zero attached hydrogens (tertiary/aromatic N) is 4. The van der Waals surface area contributed by atoms with E-state index in [1.807, 2.05) is 17.0 Å². The fourth-order valence-electron chi connectivity index (χ4n) is 2.46. The van der Waals surface area contributed by atoms with Crippen molar-refractivity contribution in [3.8, 4) is 0 Å². The SMILES string of the molecule is CC(=O)Nc1cccc(Nc2ncnc(N3CCC(=O)CC3)n2)c1. The Morgan fingerprint density at radius 3 is 2.67 bits per heavy atom. The number of amides is 1. The summed E-state index contributed by atoms with van der Waals surface area (Å²) in [5.41, 5.74) is 1.45. The molecule has 0 aliphatic carbocycles. The molecular weight excluding hydrogens is 308 g/mol. The van der Waals surface area contributed by atoms with E-state index < -0.39 is 0 Å². The molecule has 1 aromatic heterocycles. The van der Waals surface area contributed by atoms with Crippen molar-refractivity contribution in [2.24, 2.45) is 0 Å². The quantitative estimate of drug-likeness (QED) is 0.882. The summed E-state index contributed by atoms with van der Waals surface area (Å²) >= 11 is 0. The van der Waals surface area contributed by atoms with Gasteiger partial charge in [0.05, 0.1) is 0 Å². The fourth-order valence-corrected chi connectivity index (χ4v) is 2.46. The summed E-state index contributed by atoms with van der Waals surface area (Å²) in [7, 11) is 0. The van der Waals surface area contributed by atoms with E-state index in [2.05, 4.69) is 25.6 Å². The Kier molecular flexibility index (Phi) is 4.64. The van der Waals surface area contributed by atoms with Crippen molar-refractivity contribution in [1.82, 2.24) is 15.0 Å². The van der Waals surface area contributed by atoms with Gasteiger partial charge in [0, 0.05) is 44.2 Å². The predicted molar refractivity (Wildman–Crippen MR) is 90.3 cm³/mol. The highest BCUT2D eigenvalue weighted by Crippen LogP contribution is 2.19. The lowest BCUT2D eigenvalue weighted by atomic mass is 10.1. The fraction of sp³-hybridized carbons (Fsp3) is 0.312. The van der Waals surface area contributed by atoms with Gasteiger partial charge in [-0.3, -0.25) is 9.59 Å². The number of carbonyl (C=O) groups excluding carboxylic acids is 2. The van der Waals surface area contributed by atoms with Crippen molar-refractivity contribution >= 4 is 35.0 Å². The average Bonchev–Trinajstić information content (AvgIpc) is 2.55. The van der Waals surface area contributed by atoms with E-state index in [0.29, 0.717) is 43.5 Å². The maximum Gasteiger partial charge on any atom is 0.231 e. The zero-order chi connectivity index (χ0) is 16.9. The van der Waals surface area contributed by atoms with Gasteiger partial charge in [0.2, 0.25) is 17.8 Å². The summed E-state index contributed by atoms with van der Waals surface area (Å²) in [5, 5.41) is 5.82. The second kappa shape index (κ2) is 7.03. The first kappa shape index (κ1) is 15.9. The smallest absolute Gasteiger partial charge is 0.231 e. The van der Waals surface area contributed by atoms with Gasteiger partial charge in [-0.1, -0.05) is 6.07 Å². The van der Waals surface area contributed by atoms with Crippen LogP contribution in [0.3, 0.4) is 0 Å². The van der Waals surface area contributed by atoms with Gasteiger partial charge in [-0.25, -0.2) is 9.97 Å². The molecule has 0 saturated carbocycles. The zero-order valence-corrected chi connectivity index (χ0v) is 13.3. The Balaban J connectivity index is 1.72. The largest absolute Gasteiger partial charge is 0.340 e. The Morgan fingerprint density at radius 2 is 1.92 bits per heavy atom. The summed E-state index contributed by atoms with van der Waals surface area (Å²) in [4.78, 5) is 37.1. The number of hydrogen-bond donors (Lipinski definition) is 2. The molecule has 1 aromatic carbocycles. The average molecular weight is 326 g/mol. The number of rotatable bonds is 4. The summed E-state index contributed by atoms with van der Waals surface area (Å²) < 4.78 is 0. The van der Waals surface area contributed by atoms with Crippen LogP contribution in [0.2, 0.25) is 0 Å². The van der Waals surface area contributed by atoms with Crippen LogP contribution >= 0.6 is 0 Å². The Morgan fingerprint density at radius 1 is 1.17 bits per heavy atom. The van der Waals surface area contributed by atoms with Crippen LogP contribution in [-0.2, 0) is 9.59 Å². The van der Waals surface area contributed by atoms with Gasteiger partial charge in [0.25, 0.3) is 0 Å². The minimum Gasteiger partial charge on any atom is -0.340 e. The van der Waals surface area contributed by atoms with Crippen molar-refractivity contribution < 1.29 is 9.59 Å². The van der Waals surface area contributed by atoms with Crippen molar-refractivity contribution in [2.45, 2.75) is 19.8 Å². The number of hydrogen-bond acceptors (Lipinski definition) is 7. The first-order valence-corrected chi connectivity index (χ1v) is 7.70. The maximum atomic E-state index is 11.3. The van der Waals surface area contributed by atoms with Crippen LogP contribution in [0.4, 0.5) is 23.3 Å². The van der Waals surface area contributed by atoms with Crippen molar-refractivity contribution in [1.29, 1.82) is 0 Å². The lowest BCUT2D eigenvalue weighted by molar-refractivity contribution is -0.119. The minimum atomic E-state index is -0.130. The van der Waals surface area contributed by atoms with E-state index in [1.165, 1.54) is 13.3 Å². The molecule has 1 aliphatic heterocycles. The molecule has 1 aliphatic rings. The van der Waals surface area contributed by atoms with Gasteiger partial charge in [-0.2, -0.15) is 4.98 Å². The number of piperidine rings is 1. The summed E-state index contributed by atoms with van der Waals surface area (Å²) in [6, 6.07) is 7.28. The molecule has 0 atom stereocenters. The molecule has 24 heavy (non-hydrogen) atoms.